The highest BCUT2D eigenvalue weighted by Crippen LogP contribution is 2.07. The number of hydrogen-bond acceptors (Lipinski definition) is 6. The zero-order valence-corrected chi connectivity index (χ0v) is 16.8. The van der Waals surface area contributed by atoms with E-state index >= 15 is 0 Å². The lowest BCUT2D eigenvalue weighted by atomic mass is 10.0. The van der Waals surface area contributed by atoms with Gasteiger partial charge in [-0.15, -0.1) is 0 Å². The monoisotopic (exact) mass is 396 g/mol. The quantitative estimate of drug-likeness (QED) is 0.436. The molecule has 0 saturated heterocycles. The molecule has 0 unspecified atom stereocenters. The van der Waals surface area contributed by atoms with Crippen LogP contribution in [0.4, 0.5) is 0 Å². The van der Waals surface area contributed by atoms with Crippen LogP contribution in [0.2, 0.25) is 0 Å². The molecule has 8 heteroatoms. The van der Waals surface area contributed by atoms with Gasteiger partial charge in [0.15, 0.2) is 0 Å². The van der Waals surface area contributed by atoms with Crippen LogP contribution >= 0.6 is 0 Å². The van der Waals surface area contributed by atoms with E-state index in [1.54, 1.807) is 0 Å². The van der Waals surface area contributed by atoms with E-state index in [1.807, 2.05) is 45.0 Å². The third-order valence-electron chi connectivity index (χ3n) is 3.77. The van der Waals surface area contributed by atoms with Crippen LogP contribution in [-0.4, -0.2) is 46.8 Å². The van der Waals surface area contributed by atoms with Crippen molar-refractivity contribution in [1.29, 1.82) is 0 Å². The lowest BCUT2D eigenvalue weighted by Crippen LogP contribution is -2.33. The van der Waals surface area contributed by atoms with E-state index in [1.165, 1.54) is 5.56 Å². The molecule has 0 heterocycles. The lowest BCUT2D eigenvalue weighted by molar-refractivity contribution is -0.148. The summed E-state index contributed by atoms with van der Waals surface area (Å²) in [6.07, 6.45) is 1.52. The van der Waals surface area contributed by atoms with Crippen LogP contribution < -0.4 is 11.5 Å². The molecule has 1 rings (SSSR count). The van der Waals surface area contributed by atoms with Gasteiger partial charge in [0.25, 0.3) is 0 Å². The Labute approximate surface area is 165 Å². The maximum Gasteiger partial charge on any atom is 0.322 e. The number of carbonyl (C=O) groups excluding carboxylic acids is 1. The first-order chi connectivity index (χ1) is 13.0. The zero-order valence-electron chi connectivity index (χ0n) is 16.8. The molecule has 8 nitrogen and oxygen atoms in total. The highest BCUT2D eigenvalue weighted by Gasteiger charge is 2.15. The van der Waals surface area contributed by atoms with Crippen molar-refractivity contribution in [3.63, 3.8) is 0 Å². The maximum atomic E-state index is 11.5. The molecule has 0 spiro atoms. The van der Waals surface area contributed by atoms with Crippen molar-refractivity contribution in [2.24, 2.45) is 17.4 Å². The minimum atomic E-state index is -0.999. The Bertz CT molecular complexity index is 616. The molecule has 0 aliphatic carbocycles. The molecule has 158 valence electrons. The largest absolute Gasteiger partial charge is 0.481 e. The fraction of sp³-hybridized carbons (Fsp3) is 0.550. The number of nitrogens with two attached hydrogens (primary N) is 2. The SMILES string of the molecule is CC(C)C[C@H](N)C(=O)O.Cc1ccc(CC[C@@H](N)C(=O)OCCC(=O)O)cc1. The summed E-state index contributed by atoms with van der Waals surface area (Å²) in [7, 11) is 0. The Kier molecular flexibility index (Phi) is 12.5. The van der Waals surface area contributed by atoms with Gasteiger partial charge in [0.05, 0.1) is 6.42 Å². The second-order valence-corrected chi connectivity index (χ2v) is 7.02. The molecular weight excluding hydrogens is 364 g/mol. The number of rotatable bonds is 10. The second-order valence-electron chi connectivity index (χ2n) is 7.02. The molecule has 0 saturated carbocycles. The zero-order chi connectivity index (χ0) is 21.7. The third kappa shape index (κ3) is 12.8. The Morgan fingerprint density at radius 1 is 1.04 bits per heavy atom. The lowest BCUT2D eigenvalue weighted by Gasteiger charge is -2.11. The third-order valence-corrected chi connectivity index (χ3v) is 3.77. The molecule has 1 aromatic carbocycles. The first-order valence-electron chi connectivity index (χ1n) is 9.20. The molecule has 0 radical (unpaired) electrons. The summed E-state index contributed by atoms with van der Waals surface area (Å²) < 4.78 is 4.78. The van der Waals surface area contributed by atoms with E-state index in [4.69, 9.17) is 26.4 Å². The number of ether oxygens (including phenoxy) is 1. The number of esters is 1. The first kappa shape index (κ1) is 25.6. The van der Waals surface area contributed by atoms with Gasteiger partial charge < -0.3 is 26.4 Å². The van der Waals surface area contributed by atoms with E-state index in [-0.39, 0.29) is 13.0 Å². The topological polar surface area (TPSA) is 153 Å². The van der Waals surface area contributed by atoms with Crippen LogP contribution in [-0.2, 0) is 25.5 Å². The first-order valence-corrected chi connectivity index (χ1v) is 9.20. The van der Waals surface area contributed by atoms with Crippen LogP contribution in [0.25, 0.3) is 0 Å². The normalized spacial score (nSPS) is 12.5. The van der Waals surface area contributed by atoms with Crippen molar-refractivity contribution in [2.75, 3.05) is 6.61 Å². The van der Waals surface area contributed by atoms with Crippen LogP contribution in [0.3, 0.4) is 0 Å². The summed E-state index contributed by atoms with van der Waals surface area (Å²) in [4.78, 5) is 31.8. The minimum absolute atomic E-state index is 0.133. The van der Waals surface area contributed by atoms with Crippen LogP contribution in [0.1, 0.15) is 44.2 Å². The van der Waals surface area contributed by atoms with Crippen LogP contribution in [0.5, 0.6) is 0 Å². The Morgan fingerprint density at radius 3 is 2.04 bits per heavy atom. The summed E-state index contributed by atoms with van der Waals surface area (Å²) >= 11 is 0. The van der Waals surface area contributed by atoms with Gasteiger partial charge >= 0.3 is 17.9 Å². The Morgan fingerprint density at radius 2 is 1.61 bits per heavy atom. The summed E-state index contributed by atoms with van der Waals surface area (Å²) in [5.41, 5.74) is 13.2. The molecule has 0 aliphatic heterocycles. The Hall–Kier alpha value is -2.45. The molecule has 0 bridgehead atoms. The standard InChI is InChI=1S/C14H19NO4.C6H13NO2/c1-10-2-4-11(5-3-10)6-7-12(15)14(18)19-9-8-13(16)17;1-4(2)3-5(7)6(8)9/h2-5,12H,6-9,15H2,1H3,(H,16,17);4-5H,3,7H2,1-2H3,(H,8,9)/t12-;5-/m10/s1. The van der Waals surface area contributed by atoms with Crippen molar-refractivity contribution in [3.05, 3.63) is 35.4 Å². The fourth-order valence-corrected chi connectivity index (χ4v) is 2.15. The van der Waals surface area contributed by atoms with Crippen molar-refractivity contribution in [3.8, 4) is 0 Å². The highest BCUT2D eigenvalue weighted by atomic mass is 16.5. The number of benzene rings is 1. The number of hydrogen-bond donors (Lipinski definition) is 4. The summed E-state index contributed by atoms with van der Waals surface area (Å²) in [6, 6.07) is 6.60. The average molecular weight is 396 g/mol. The predicted octanol–water partition coefficient (Wildman–Crippen LogP) is 1.72. The van der Waals surface area contributed by atoms with Gasteiger partial charge in [-0.2, -0.15) is 0 Å². The molecule has 28 heavy (non-hydrogen) atoms. The molecule has 0 aromatic heterocycles. The van der Waals surface area contributed by atoms with Gasteiger partial charge in [-0.1, -0.05) is 43.7 Å². The average Bonchev–Trinajstić information content (AvgIpc) is 2.60. The fourth-order valence-electron chi connectivity index (χ4n) is 2.15. The van der Waals surface area contributed by atoms with E-state index in [0.29, 0.717) is 25.2 Å². The van der Waals surface area contributed by atoms with E-state index in [9.17, 15) is 14.4 Å². The number of carboxylic acid groups (broad SMARTS) is 2. The van der Waals surface area contributed by atoms with Gasteiger partial charge in [0, 0.05) is 0 Å². The summed E-state index contributed by atoms with van der Waals surface area (Å²) in [5, 5.41) is 16.7. The summed E-state index contributed by atoms with van der Waals surface area (Å²) in [6.45, 7) is 5.77. The van der Waals surface area contributed by atoms with Crippen molar-refractivity contribution in [1.82, 2.24) is 0 Å². The van der Waals surface area contributed by atoms with Crippen LogP contribution in [0, 0.1) is 12.8 Å². The highest BCUT2D eigenvalue weighted by molar-refractivity contribution is 5.76. The van der Waals surface area contributed by atoms with Gasteiger partial charge in [-0.3, -0.25) is 14.4 Å². The molecule has 1 aromatic rings. The summed E-state index contributed by atoms with van der Waals surface area (Å²) in [5.74, 6) is -2.10. The molecule has 0 amide bonds. The van der Waals surface area contributed by atoms with Gasteiger partial charge in [0.1, 0.15) is 18.7 Å². The molecule has 0 aliphatic rings. The Balaban J connectivity index is 0.000000684. The van der Waals surface area contributed by atoms with E-state index in [2.05, 4.69) is 0 Å². The smallest absolute Gasteiger partial charge is 0.322 e. The predicted molar refractivity (Wildman–Crippen MR) is 106 cm³/mol. The van der Waals surface area contributed by atoms with Gasteiger partial charge in [-0.25, -0.2) is 0 Å². The number of aliphatic carboxylic acids is 2. The van der Waals surface area contributed by atoms with Crippen LogP contribution in [0.15, 0.2) is 24.3 Å². The van der Waals surface area contributed by atoms with E-state index < -0.39 is 30.0 Å². The van der Waals surface area contributed by atoms with Gasteiger partial charge in [0.2, 0.25) is 0 Å². The molecule has 0 fully saturated rings. The number of carbonyl (C=O) groups is 3. The van der Waals surface area contributed by atoms with Crippen molar-refractivity contribution in [2.45, 2.75) is 58.5 Å². The molecule has 2 atom stereocenters. The molecular formula is C20H32N2O6. The minimum Gasteiger partial charge on any atom is -0.481 e. The number of carboxylic acids is 2. The molecule has 6 N–H and O–H groups in total. The van der Waals surface area contributed by atoms with E-state index in [0.717, 1.165) is 5.56 Å². The van der Waals surface area contributed by atoms with Gasteiger partial charge in [-0.05, 0) is 37.7 Å². The maximum absolute atomic E-state index is 11.5. The second kappa shape index (κ2) is 13.7. The van der Waals surface area contributed by atoms with Crippen molar-refractivity contribution < 1.29 is 29.3 Å². The van der Waals surface area contributed by atoms with Crippen molar-refractivity contribution >= 4 is 17.9 Å². The number of aryl methyl sites for hydroxylation is 2.